The Morgan fingerprint density at radius 3 is 2.36 bits per heavy atom. The fraction of sp³-hybridized carbons (Fsp3) is 0. The van der Waals surface area contributed by atoms with E-state index in [-0.39, 0.29) is 21.8 Å². The number of nitrogens with zero attached hydrogens (tertiary/aromatic N) is 3. The molecule has 0 unspecified atom stereocenters. The molecule has 0 saturated carbocycles. The van der Waals surface area contributed by atoms with Gasteiger partial charge in [-0.3, -0.25) is 4.79 Å². The molecule has 0 saturated heterocycles. The van der Waals surface area contributed by atoms with E-state index in [1.165, 1.54) is 16.4 Å². The Balaban J connectivity index is 1.32. The number of carbonyl (C=O) groups is 1. The van der Waals surface area contributed by atoms with Gasteiger partial charge in [-0.1, -0.05) is 54.1 Å². The molecule has 6 rings (SSSR count). The van der Waals surface area contributed by atoms with Crippen LogP contribution in [0.3, 0.4) is 0 Å². The fourth-order valence-corrected chi connectivity index (χ4v) is 6.08. The van der Waals surface area contributed by atoms with Crippen molar-refractivity contribution >= 4 is 61.4 Å². The SMILES string of the molecule is Nc1ccc(C(=O)Nc2cccc(Nc3ncc(Cl)c(-c4cn(S(=O)(=O)c5ccccc5)c5ccccc45)n3)c2)cc1. The number of rotatable bonds is 7. The van der Waals surface area contributed by atoms with E-state index in [2.05, 4.69) is 20.6 Å². The maximum Gasteiger partial charge on any atom is 0.268 e. The van der Waals surface area contributed by atoms with Crippen molar-refractivity contribution in [3.63, 3.8) is 0 Å². The summed E-state index contributed by atoms with van der Waals surface area (Å²) >= 11 is 6.56. The summed E-state index contributed by atoms with van der Waals surface area (Å²) < 4.78 is 28.3. The molecule has 0 fully saturated rings. The molecule has 2 aromatic heterocycles. The van der Waals surface area contributed by atoms with Crippen LogP contribution in [0.5, 0.6) is 0 Å². The average molecular weight is 595 g/mol. The molecule has 0 aliphatic rings. The number of para-hydroxylation sites is 1. The number of aromatic nitrogens is 3. The number of anilines is 4. The molecule has 0 radical (unpaired) electrons. The van der Waals surface area contributed by atoms with Crippen LogP contribution < -0.4 is 16.4 Å². The molecule has 0 spiro atoms. The van der Waals surface area contributed by atoms with Gasteiger partial charge in [0.15, 0.2) is 0 Å². The van der Waals surface area contributed by atoms with Crippen LogP contribution in [0, 0.1) is 0 Å². The third-order valence-corrected chi connectivity index (χ3v) is 8.49. The monoisotopic (exact) mass is 594 g/mol. The number of benzene rings is 4. The fourth-order valence-electron chi connectivity index (χ4n) is 4.50. The van der Waals surface area contributed by atoms with Crippen LogP contribution in [0.1, 0.15) is 10.4 Å². The molecule has 9 nitrogen and oxygen atoms in total. The molecule has 0 atom stereocenters. The van der Waals surface area contributed by atoms with E-state index in [1.807, 2.05) is 12.1 Å². The molecular weight excluding hydrogens is 572 g/mol. The van der Waals surface area contributed by atoms with Gasteiger partial charge < -0.3 is 16.4 Å². The summed E-state index contributed by atoms with van der Waals surface area (Å²) in [5, 5.41) is 6.92. The Hall–Kier alpha value is -5.19. The van der Waals surface area contributed by atoms with Crippen molar-refractivity contribution in [3.8, 4) is 11.3 Å². The maximum atomic E-state index is 13.5. The zero-order valence-corrected chi connectivity index (χ0v) is 23.5. The van der Waals surface area contributed by atoms with Crippen LogP contribution in [-0.2, 0) is 10.0 Å². The van der Waals surface area contributed by atoms with Gasteiger partial charge in [-0.25, -0.2) is 22.4 Å². The second kappa shape index (κ2) is 11.0. The van der Waals surface area contributed by atoms with Gasteiger partial charge in [0.25, 0.3) is 15.9 Å². The maximum absolute atomic E-state index is 13.5. The first kappa shape index (κ1) is 27.0. The number of halogens is 1. The lowest BCUT2D eigenvalue weighted by molar-refractivity contribution is 0.102. The first-order valence-electron chi connectivity index (χ1n) is 12.8. The van der Waals surface area contributed by atoms with E-state index in [0.717, 1.165) is 0 Å². The number of hydrogen-bond donors (Lipinski definition) is 3. The Morgan fingerprint density at radius 2 is 1.57 bits per heavy atom. The highest BCUT2D eigenvalue weighted by Gasteiger charge is 2.23. The molecule has 0 aliphatic heterocycles. The molecule has 0 bridgehead atoms. The van der Waals surface area contributed by atoms with Crippen LogP contribution >= 0.6 is 11.6 Å². The summed E-state index contributed by atoms with van der Waals surface area (Å²) in [6.45, 7) is 0. The zero-order valence-electron chi connectivity index (χ0n) is 21.9. The number of nitrogens with two attached hydrogens (primary N) is 1. The van der Waals surface area contributed by atoms with Gasteiger partial charge >= 0.3 is 0 Å². The molecule has 4 aromatic carbocycles. The molecular formula is C31H23ClN6O3S. The van der Waals surface area contributed by atoms with Crippen molar-refractivity contribution in [3.05, 3.63) is 126 Å². The minimum absolute atomic E-state index is 0.164. The smallest absolute Gasteiger partial charge is 0.268 e. The molecule has 1 amide bonds. The minimum Gasteiger partial charge on any atom is -0.399 e. The van der Waals surface area contributed by atoms with E-state index in [4.69, 9.17) is 17.3 Å². The topological polar surface area (TPSA) is 132 Å². The van der Waals surface area contributed by atoms with Crippen molar-refractivity contribution in [1.82, 2.24) is 13.9 Å². The molecule has 11 heteroatoms. The second-order valence-electron chi connectivity index (χ2n) is 9.35. The van der Waals surface area contributed by atoms with E-state index in [9.17, 15) is 13.2 Å². The predicted octanol–water partition coefficient (Wildman–Crippen LogP) is 6.57. The largest absolute Gasteiger partial charge is 0.399 e. The lowest BCUT2D eigenvalue weighted by Gasteiger charge is -2.10. The van der Waals surface area contributed by atoms with E-state index in [0.29, 0.717) is 44.8 Å². The van der Waals surface area contributed by atoms with Gasteiger partial charge in [0.05, 0.1) is 27.3 Å². The lowest BCUT2D eigenvalue weighted by atomic mass is 10.1. The van der Waals surface area contributed by atoms with Crippen LogP contribution in [0.25, 0.3) is 22.2 Å². The number of nitrogens with one attached hydrogen (secondary N) is 2. The van der Waals surface area contributed by atoms with Crippen molar-refractivity contribution in [2.45, 2.75) is 4.90 Å². The highest BCUT2D eigenvalue weighted by Crippen LogP contribution is 2.36. The minimum atomic E-state index is -3.89. The summed E-state index contributed by atoms with van der Waals surface area (Å²) in [6.07, 6.45) is 2.98. The van der Waals surface area contributed by atoms with E-state index < -0.39 is 10.0 Å². The highest BCUT2D eigenvalue weighted by atomic mass is 35.5. The molecule has 4 N–H and O–H groups in total. The van der Waals surface area contributed by atoms with Crippen molar-refractivity contribution in [2.75, 3.05) is 16.4 Å². The van der Waals surface area contributed by atoms with Crippen LogP contribution in [0.15, 0.2) is 120 Å². The van der Waals surface area contributed by atoms with E-state index in [1.54, 1.807) is 91.0 Å². The predicted molar refractivity (Wildman–Crippen MR) is 166 cm³/mol. The third kappa shape index (κ3) is 5.28. The Bertz CT molecular complexity index is 2050. The molecule has 42 heavy (non-hydrogen) atoms. The number of amides is 1. The number of carbonyl (C=O) groups excluding carboxylic acids is 1. The van der Waals surface area contributed by atoms with Crippen molar-refractivity contribution in [1.29, 1.82) is 0 Å². The number of nitrogen functional groups attached to an aromatic ring is 1. The lowest BCUT2D eigenvalue weighted by Crippen LogP contribution is -2.12. The molecule has 6 aromatic rings. The Labute approximate surface area is 246 Å². The summed E-state index contributed by atoms with van der Waals surface area (Å²) in [7, 11) is -3.89. The normalized spacial score (nSPS) is 11.4. The number of fused-ring (bicyclic) bond motifs is 1. The standard InChI is InChI=1S/C31H23ClN6O3S/c32-27-18-34-31(36-23-8-6-7-22(17-23)35-30(39)20-13-15-21(33)16-14-20)37-29(27)26-19-38(28-12-5-4-11-25(26)28)42(40,41)24-9-2-1-3-10-24/h1-19H,33H2,(H,35,39)(H,34,36,37). The first-order valence-corrected chi connectivity index (χ1v) is 14.6. The van der Waals surface area contributed by atoms with Gasteiger partial charge in [-0.05, 0) is 60.7 Å². The second-order valence-corrected chi connectivity index (χ2v) is 11.6. The summed E-state index contributed by atoms with van der Waals surface area (Å²) in [4.78, 5) is 21.8. The molecule has 0 aliphatic carbocycles. The third-order valence-electron chi connectivity index (χ3n) is 6.53. The highest BCUT2D eigenvalue weighted by molar-refractivity contribution is 7.90. The quantitative estimate of drug-likeness (QED) is 0.178. The van der Waals surface area contributed by atoms with Gasteiger partial charge in [0.1, 0.15) is 0 Å². The van der Waals surface area contributed by atoms with Crippen LogP contribution in [0.2, 0.25) is 5.02 Å². The van der Waals surface area contributed by atoms with Crippen molar-refractivity contribution < 1.29 is 13.2 Å². The Morgan fingerprint density at radius 1 is 0.857 bits per heavy atom. The zero-order chi connectivity index (χ0) is 29.3. The van der Waals surface area contributed by atoms with Gasteiger partial charge in [0, 0.05) is 39.8 Å². The van der Waals surface area contributed by atoms with Gasteiger partial charge in [-0.2, -0.15) is 0 Å². The van der Waals surface area contributed by atoms with Gasteiger partial charge in [-0.15, -0.1) is 0 Å². The molecule has 2 heterocycles. The Kier molecular flexibility index (Phi) is 7.07. The first-order chi connectivity index (χ1) is 20.3. The van der Waals surface area contributed by atoms with Crippen molar-refractivity contribution in [2.24, 2.45) is 0 Å². The van der Waals surface area contributed by atoms with Crippen LogP contribution in [-0.4, -0.2) is 28.3 Å². The van der Waals surface area contributed by atoms with Crippen LogP contribution in [0.4, 0.5) is 23.0 Å². The van der Waals surface area contributed by atoms with E-state index >= 15 is 0 Å². The summed E-state index contributed by atoms with van der Waals surface area (Å²) in [6, 6.07) is 29.1. The molecule has 208 valence electrons. The number of hydrogen-bond acceptors (Lipinski definition) is 7. The summed E-state index contributed by atoms with van der Waals surface area (Å²) in [5.74, 6) is -0.0433. The van der Waals surface area contributed by atoms with Gasteiger partial charge in [0.2, 0.25) is 5.95 Å². The average Bonchev–Trinajstić information content (AvgIpc) is 3.39. The summed E-state index contributed by atoms with van der Waals surface area (Å²) in [5.41, 5.74) is 9.32.